The van der Waals surface area contributed by atoms with Crippen LogP contribution in [0.1, 0.15) is 17.5 Å². The Morgan fingerprint density at radius 1 is 1.38 bits per heavy atom. The highest BCUT2D eigenvalue weighted by Gasteiger charge is 2.23. The van der Waals surface area contributed by atoms with Crippen LogP contribution in [0.2, 0.25) is 0 Å². The van der Waals surface area contributed by atoms with Crippen molar-refractivity contribution >= 4 is 11.7 Å². The Labute approximate surface area is 95.1 Å². The molecule has 0 N–H and O–H groups in total. The Balaban J connectivity index is 2.03. The molecule has 0 spiro atoms. The van der Waals surface area contributed by atoms with Crippen molar-refractivity contribution in [1.29, 1.82) is 0 Å². The minimum atomic E-state index is 0.0557. The van der Waals surface area contributed by atoms with Crippen molar-refractivity contribution in [3.63, 3.8) is 0 Å². The zero-order valence-electron chi connectivity index (χ0n) is 9.40. The maximum absolute atomic E-state index is 11.9. The summed E-state index contributed by atoms with van der Waals surface area (Å²) in [6.07, 6.45) is 0.916. The SMILES string of the molecule is Cc1ccccc1CC(=O)N1CCC(=O)C1. The van der Waals surface area contributed by atoms with Gasteiger partial charge < -0.3 is 4.90 Å². The van der Waals surface area contributed by atoms with Crippen molar-refractivity contribution in [2.24, 2.45) is 0 Å². The number of amides is 1. The molecule has 84 valence electrons. The van der Waals surface area contributed by atoms with Crippen molar-refractivity contribution in [2.45, 2.75) is 19.8 Å². The van der Waals surface area contributed by atoms with E-state index in [0.29, 0.717) is 25.9 Å². The van der Waals surface area contributed by atoms with Crippen molar-refractivity contribution in [3.8, 4) is 0 Å². The average molecular weight is 217 g/mol. The van der Waals surface area contributed by atoms with Crippen LogP contribution in [-0.2, 0) is 16.0 Å². The first-order chi connectivity index (χ1) is 7.66. The van der Waals surface area contributed by atoms with Gasteiger partial charge in [0, 0.05) is 13.0 Å². The van der Waals surface area contributed by atoms with Crippen molar-refractivity contribution in [3.05, 3.63) is 35.4 Å². The topological polar surface area (TPSA) is 37.4 Å². The van der Waals surface area contributed by atoms with E-state index in [1.807, 2.05) is 31.2 Å². The highest BCUT2D eigenvalue weighted by Crippen LogP contribution is 2.11. The number of carbonyl (C=O) groups is 2. The second-order valence-electron chi connectivity index (χ2n) is 4.21. The molecule has 3 nitrogen and oxygen atoms in total. The smallest absolute Gasteiger partial charge is 0.227 e. The molecule has 0 saturated carbocycles. The Kier molecular flexibility index (Phi) is 3.04. The van der Waals surface area contributed by atoms with E-state index in [9.17, 15) is 9.59 Å². The molecule has 1 aliphatic rings. The maximum atomic E-state index is 11.9. The molecule has 1 amide bonds. The highest BCUT2D eigenvalue weighted by molar-refractivity contribution is 5.90. The van der Waals surface area contributed by atoms with Crippen LogP contribution in [0.3, 0.4) is 0 Å². The lowest BCUT2D eigenvalue weighted by Crippen LogP contribution is -2.30. The second kappa shape index (κ2) is 4.47. The summed E-state index contributed by atoms with van der Waals surface area (Å²) in [6, 6.07) is 7.86. The predicted molar refractivity (Wildman–Crippen MR) is 61.1 cm³/mol. The van der Waals surface area contributed by atoms with Gasteiger partial charge in [0.05, 0.1) is 13.0 Å². The quantitative estimate of drug-likeness (QED) is 0.749. The number of Topliss-reactive ketones (excluding diaryl/α,β-unsaturated/α-hetero) is 1. The number of carbonyl (C=O) groups excluding carboxylic acids is 2. The Bertz CT molecular complexity index is 426. The molecule has 1 aromatic carbocycles. The van der Waals surface area contributed by atoms with Crippen LogP contribution < -0.4 is 0 Å². The molecule has 1 fully saturated rings. The first-order valence-electron chi connectivity index (χ1n) is 5.51. The molecular weight excluding hydrogens is 202 g/mol. The third-order valence-corrected chi connectivity index (χ3v) is 2.98. The van der Waals surface area contributed by atoms with Gasteiger partial charge in [0.1, 0.15) is 0 Å². The molecule has 0 aliphatic carbocycles. The molecule has 1 heterocycles. The molecule has 2 rings (SSSR count). The largest absolute Gasteiger partial charge is 0.335 e. The fraction of sp³-hybridized carbons (Fsp3) is 0.385. The van der Waals surface area contributed by atoms with E-state index in [0.717, 1.165) is 11.1 Å². The Morgan fingerprint density at radius 2 is 2.12 bits per heavy atom. The number of benzene rings is 1. The van der Waals surface area contributed by atoms with E-state index in [1.165, 1.54) is 0 Å². The zero-order valence-corrected chi connectivity index (χ0v) is 9.40. The standard InChI is InChI=1S/C13H15NO2/c1-10-4-2-3-5-11(10)8-13(16)14-7-6-12(15)9-14/h2-5H,6-9H2,1H3. The van der Waals surface area contributed by atoms with Gasteiger partial charge in [-0.25, -0.2) is 0 Å². The van der Waals surface area contributed by atoms with E-state index in [1.54, 1.807) is 4.90 Å². The molecule has 1 saturated heterocycles. The fourth-order valence-electron chi connectivity index (χ4n) is 1.93. The minimum Gasteiger partial charge on any atom is -0.335 e. The molecule has 0 atom stereocenters. The summed E-state index contributed by atoms with van der Waals surface area (Å²) < 4.78 is 0. The monoisotopic (exact) mass is 217 g/mol. The summed E-state index contributed by atoms with van der Waals surface area (Å²) in [5.41, 5.74) is 2.17. The molecule has 1 aromatic rings. The van der Waals surface area contributed by atoms with Crippen molar-refractivity contribution in [2.75, 3.05) is 13.1 Å². The maximum Gasteiger partial charge on any atom is 0.227 e. The third-order valence-electron chi connectivity index (χ3n) is 2.98. The molecule has 16 heavy (non-hydrogen) atoms. The number of hydrogen-bond acceptors (Lipinski definition) is 2. The molecule has 0 radical (unpaired) electrons. The number of hydrogen-bond donors (Lipinski definition) is 0. The van der Waals surface area contributed by atoms with Crippen LogP contribution in [-0.4, -0.2) is 29.7 Å². The molecule has 3 heteroatoms. The molecule has 0 unspecified atom stereocenters. The summed E-state index contributed by atoms with van der Waals surface area (Å²) in [7, 11) is 0. The first-order valence-corrected chi connectivity index (χ1v) is 5.51. The summed E-state index contributed by atoms with van der Waals surface area (Å²) >= 11 is 0. The highest BCUT2D eigenvalue weighted by atomic mass is 16.2. The van der Waals surface area contributed by atoms with Crippen LogP contribution in [0.5, 0.6) is 0 Å². The number of ketones is 1. The Hall–Kier alpha value is -1.64. The lowest BCUT2D eigenvalue weighted by molar-refractivity contribution is -0.131. The third kappa shape index (κ3) is 2.30. The number of likely N-dealkylation sites (tertiary alicyclic amines) is 1. The van der Waals surface area contributed by atoms with Gasteiger partial charge in [0.2, 0.25) is 5.91 Å². The van der Waals surface area contributed by atoms with Crippen LogP contribution in [0.25, 0.3) is 0 Å². The van der Waals surface area contributed by atoms with E-state index in [-0.39, 0.29) is 11.7 Å². The van der Waals surface area contributed by atoms with E-state index < -0.39 is 0 Å². The van der Waals surface area contributed by atoms with E-state index in [2.05, 4.69) is 0 Å². The van der Waals surface area contributed by atoms with Gasteiger partial charge in [-0.05, 0) is 18.1 Å². The summed E-state index contributed by atoms with van der Waals surface area (Å²) in [5, 5.41) is 0. The summed E-state index contributed by atoms with van der Waals surface area (Å²) in [4.78, 5) is 24.6. The van der Waals surface area contributed by atoms with Gasteiger partial charge in [-0.3, -0.25) is 9.59 Å². The molecule has 0 aromatic heterocycles. The number of aryl methyl sites for hydroxylation is 1. The van der Waals surface area contributed by atoms with Gasteiger partial charge in [-0.1, -0.05) is 24.3 Å². The minimum absolute atomic E-state index is 0.0557. The van der Waals surface area contributed by atoms with Gasteiger partial charge in [0.25, 0.3) is 0 Å². The van der Waals surface area contributed by atoms with Gasteiger partial charge in [-0.2, -0.15) is 0 Å². The van der Waals surface area contributed by atoms with Crippen LogP contribution in [0.4, 0.5) is 0 Å². The molecule has 0 bridgehead atoms. The van der Waals surface area contributed by atoms with Gasteiger partial charge in [0.15, 0.2) is 5.78 Å². The normalized spacial score (nSPS) is 15.6. The van der Waals surface area contributed by atoms with Crippen LogP contribution in [0.15, 0.2) is 24.3 Å². The van der Waals surface area contributed by atoms with E-state index >= 15 is 0 Å². The first kappa shape index (κ1) is 10.9. The zero-order chi connectivity index (χ0) is 11.5. The molecule has 1 aliphatic heterocycles. The second-order valence-corrected chi connectivity index (χ2v) is 4.21. The lowest BCUT2D eigenvalue weighted by Gasteiger charge is -2.14. The number of nitrogens with zero attached hydrogens (tertiary/aromatic N) is 1. The van der Waals surface area contributed by atoms with E-state index in [4.69, 9.17) is 0 Å². The predicted octanol–water partition coefficient (Wildman–Crippen LogP) is 1.34. The van der Waals surface area contributed by atoms with Gasteiger partial charge >= 0.3 is 0 Å². The summed E-state index contributed by atoms with van der Waals surface area (Å²) in [5.74, 6) is 0.221. The fourth-order valence-corrected chi connectivity index (χ4v) is 1.93. The van der Waals surface area contributed by atoms with Crippen molar-refractivity contribution < 1.29 is 9.59 Å². The van der Waals surface area contributed by atoms with Crippen molar-refractivity contribution in [1.82, 2.24) is 4.90 Å². The molecular formula is C13H15NO2. The average Bonchev–Trinajstić information content (AvgIpc) is 2.68. The number of rotatable bonds is 2. The summed E-state index contributed by atoms with van der Waals surface area (Å²) in [6.45, 7) is 2.88. The van der Waals surface area contributed by atoms with Gasteiger partial charge in [-0.15, -0.1) is 0 Å². The lowest BCUT2D eigenvalue weighted by atomic mass is 10.1. The Morgan fingerprint density at radius 3 is 2.75 bits per heavy atom. The van der Waals surface area contributed by atoms with Crippen LogP contribution in [0, 0.1) is 6.92 Å². The van der Waals surface area contributed by atoms with Crippen LogP contribution >= 0.6 is 0 Å².